The zero-order chi connectivity index (χ0) is 12.3. The van der Waals surface area contributed by atoms with Crippen molar-refractivity contribution >= 4 is 10.0 Å². The second-order valence-electron chi connectivity index (χ2n) is 5.07. The Morgan fingerprint density at radius 3 is 2.88 bits per heavy atom. The Morgan fingerprint density at radius 2 is 2.24 bits per heavy atom. The summed E-state index contributed by atoms with van der Waals surface area (Å²) in [6, 6.07) is 0.665. The van der Waals surface area contributed by atoms with E-state index >= 15 is 0 Å². The Labute approximate surface area is 104 Å². The second-order valence-corrected chi connectivity index (χ2v) is 7.16. The van der Waals surface area contributed by atoms with Crippen molar-refractivity contribution in [1.29, 1.82) is 0 Å². The maximum absolute atomic E-state index is 12.1. The molecule has 2 rings (SSSR count). The van der Waals surface area contributed by atoms with Crippen LogP contribution in [0.2, 0.25) is 0 Å². The van der Waals surface area contributed by atoms with E-state index in [0.29, 0.717) is 19.1 Å². The largest absolute Gasteiger partial charge is 0.314 e. The Kier molecular flexibility index (Phi) is 4.22. The molecule has 1 saturated carbocycles. The third-order valence-electron chi connectivity index (χ3n) is 3.28. The predicted molar refractivity (Wildman–Crippen MR) is 69.4 cm³/mol. The molecule has 1 aliphatic heterocycles. The van der Waals surface area contributed by atoms with E-state index in [-0.39, 0.29) is 5.75 Å². The van der Waals surface area contributed by atoms with Gasteiger partial charge in [0.05, 0.1) is 5.75 Å². The maximum atomic E-state index is 12.1. The fraction of sp³-hybridized carbons (Fsp3) is 0.833. The van der Waals surface area contributed by atoms with E-state index in [1.807, 2.05) is 6.92 Å². The minimum absolute atomic E-state index is 0.278. The molecule has 0 amide bonds. The van der Waals surface area contributed by atoms with Crippen LogP contribution in [0.5, 0.6) is 0 Å². The van der Waals surface area contributed by atoms with E-state index in [0.717, 1.165) is 25.0 Å². The molecule has 0 aromatic rings. The highest BCUT2D eigenvalue weighted by atomic mass is 32.2. The highest BCUT2D eigenvalue weighted by molar-refractivity contribution is 7.89. The van der Waals surface area contributed by atoms with Gasteiger partial charge in [-0.25, -0.2) is 8.42 Å². The van der Waals surface area contributed by atoms with E-state index in [1.54, 1.807) is 4.31 Å². The minimum Gasteiger partial charge on any atom is -0.314 e. The van der Waals surface area contributed by atoms with Crippen LogP contribution in [-0.2, 0) is 10.0 Å². The molecule has 1 heterocycles. The molecule has 5 heteroatoms. The van der Waals surface area contributed by atoms with Crippen LogP contribution in [0.4, 0.5) is 0 Å². The van der Waals surface area contributed by atoms with Crippen molar-refractivity contribution in [2.24, 2.45) is 0 Å². The van der Waals surface area contributed by atoms with Gasteiger partial charge < -0.3 is 5.32 Å². The molecule has 1 N–H and O–H groups in total. The Balaban J connectivity index is 1.74. The number of sulfonamides is 1. The molecule has 0 aromatic heterocycles. The predicted octanol–water partition coefficient (Wildman–Crippen LogP) is 1.11. The van der Waals surface area contributed by atoms with Crippen molar-refractivity contribution in [3.63, 3.8) is 0 Å². The summed E-state index contributed by atoms with van der Waals surface area (Å²) in [5, 5.41) is 3.35. The lowest BCUT2D eigenvalue weighted by Gasteiger charge is -2.25. The summed E-state index contributed by atoms with van der Waals surface area (Å²) in [5.74, 6) is 0.278. The molecule has 98 valence electrons. The van der Waals surface area contributed by atoms with Gasteiger partial charge >= 0.3 is 0 Å². The quantitative estimate of drug-likeness (QED) is 0.573. The lowest BCUT2D eigenvalue weighted by atomic mass is 10.2. The van der Waals surface area contributed by atoms with Gasteiger partial charge in [-0.05, 0) is 39.2 Å². The van der Waals surface area contributed by atoms with Crippen LogP contribution in [0, 0.1) is 0 Å². The van der Waals surface area contributed by atoms with Crippen LogP contribution in [0.3, 0.4) is 0 Å². The van der Waals surface area contributed by atoms with Crippen molar-refractivity contribution in [3.05, 3.63) is 11.6 Å². The number of rotatable bonds is 6. The van der Waals surface area contributed by atoms with Gasteiger partial charge in [0.2, 0.25) is 10.0 Å². The first-order chi connectivity index (χ1) is 8.08. The van der Waals surface area contributed by atoms with Gasteiger partial charge in [-0.3, -0.25) is 0 Å². The van der Waals surface area contributed by atoms with Crippen LogP contribution in [0.25, 0.3) is 0 Å². The van der Waals surface area contributed by atoms with Gasteiger partial charge in [0.25, 0.3) is 0 Å². The Hall–Kier alpha value is -0.390. The van der Waals surface area contributed by atoms with Crippen LogP contribution in [0.15, 0.2) is 11.6 Å². The molecule has 17 heavy (non-hydrogen) atoms. The lowest BCUT2D eigenvalue weighted by Crippen LogP contribution is -2.37. The molecule has 0 radical (unpaired) electrons. The fourth-order valence-electron chi connectivity index (χ4n) is 2.09. The zero-order valence-corrected chi connectivity index (χ0v) is 11.3. The van der Waals surface area contributed by atoms with Gasteiger partial charge in [-0.2, -0.15) is 4.31 Å². The van der Waals surface area contributed by atoms with Crippen LogP contribution < -0.4 is 5.32 Å². The van der Waals surface area contributed by atoms with Gasteiger partial charge in [-0.1, -0.05) is 11.6 Å². The van der Waals surface area contributed by atoms with Gasteiger partial charge in [0.15, 0.2) is 0 Å². The van der Waals surface area contributed by atoms with Crippen molar-refractivity contribution in [3.8, 4) is 0 Å². The zero-order valence-electron chi connectivity index (χ0n) is 10.5. The highest BCUT2D eigenvalue weighted by Crippen LogP contribution is 2.18. The standard InChI is InChI=1S/C12H22N2O2S/c1-11-4-2-8-14(10-11)17(15,16)9-3-7-13-12-5-6-12/h4,12-13H,2-3,5-10H2,1H3. The molecule has 2 aliphatic rings. The molecule has 1 fully saturated rings. The second kappa shape index (κ2) is 5.50. The van der Waals surface area contributed by atoms with Crippen molar-refractivity contribution in [1.82, 2.24) is 9.62 Å². The van der Waals surface area contributed by atoms with E-state index in [2.05, 4.69) is 11.4 Å². The molecular weight excluding hydrogens is 236 g/mol. The molecule has 0 bridgehead atoms. The molecule has 0 aromatic carbocycles. The van der Waals surface area contributed by atoms with Gasteiger partial charge in [-0.15, -0.1) is 0 Å². The maximum Gasteiger partial charge on any atom is 0.214 e. The van der Waals surface area contributed by atoms with Crippen LogP contribution >= 0.6 is 0 Å². The smallest absolute Gasteiger partial charge is 0.214 e. The SMILES string of the molecule is CC1=CCCN(S(=O)(=O)CCCNC2CC2)C1. The molecule has 0 saturated heterocycles. The lowest BCUT2D eigenvalue weighted by molar-refractivity contribution is 0.426. The highest BCUT2D eigenvalue weighted by Gasteiger charge is 2.24. The number of nitrogens with zero attached hydrogens (tertiary/aromatic N) is 1. The molecular formula is C12H22N2O2S. The topological polar surface area (TPSA) is 49.4 Å². The van der Waals surface area contributed by atoms with E-state index in [9.17, 15) is 8.42 Å². The summed E-state index contributed by atoms with van der Waals surface area (Å²) in [6.45, 7) is 4.05. The summed E-state index contributed by atoms with van der Waals surface area (Å²) in [5.41, 5.74) is 1.16. The average Bonchev–Trinajstić information content (AvgIpc) is 3.08. The molecule has 1 aliphatic carbocycles. The first-order valence-electron chi connectivity index (χ1n) is 6.45. The molecule has 4 nitrogen and oxygen atoms in total. The first kappa shape index (κ1) is 13.1. The van der Waals surface area contributed by atoms with Gasteiger partial charge in [0.1, 0.15) is 0 Å². The number of hydrogen-bond acceptors (Lipinski definition) is 3. The summed E-state index contributed by atoms with van der Waals surface area (Å²) in [7, 11) is -3.04. The summed E-state index contributed by atoms with van der Waals surface area (Å²) >= 11 is 0. The van der Waals surface area contributed by atoms with Gasteiger partial charge in [0, 0.05) is 19.1 Å². The normalized spacial score (nSPS) is 22.5. The Bertz CT molecular complexity index is 385. The van der Waals surface area contributed by atoms with Crippen molar-refractivity contribution in [2.75, 3.05) is 25.4 Å². The van der Waals surface area contributed by atoms with E-state index in [4.69, 9.17) is 0 Å². The molecule has 0 spiro atoms. The summed E-state index contributed by atoms with van der Waals surface area (Å²) in [6.07, 6.45) is 6.20. The minimum atomic E-state index is -3.04. The molecule has 0 unspecified atom stereocenters. The monoisotopic (exact) mass is 258 g/mol. The average molecular weight is 258 g/mol. The van der Waals surface area contributed by atoms with Crippen LogP contribution in [-0.4, -0.2) is 44.2 Å². The van der Waals surface area contributed by atoms with E-state index in [1.165, 1.54) is 12.8 Å². The van der Waals surface area contributed by atoms with Crippen molar-refractivity contribution < 1.29 is 8.42 Å². The summed E-state index contributed by atoms with van der Waals surface area (Å²) in [4.78, 5) is 0. The molecule has 0 atom stereocenters. The van der Waals surface area contributed by atoms with Crippen molar-refractivity contribution in [2.45, 2.75) is 38.6 Å². The first-order valence-corrected chi connectivity index (χ1v) is 8.06. The third kappa shape index (κ3) is 4.08. The number of hydrogen-bond donors (Lipinski definition) is 1. The number of nitrogens with one attached hydrogen (secondary N) is 1. The third-order valence-corrected chi connectivity index (χ3v) is 5.18. The Morgan fingerprint density at radius 1 is 1.47 bits per heavy atom. The summed E-state index contributed by atoms with van der Waals surface area (Å²) < 4.78 is 25.7. The van der Waals surface area contributed by atoms with Crippen LogP contribution in [0.1, 0.15) is 32.6 Å². The van der Waals surface area contributed by atoms with E-state index < -0.39 is 10.0 Å². The fourth-order valence-corrected chi connectivity index (χ4v) is 3.64.